The minimum absolute atomic E-state index is 0.295. The Labute approximate surface area is 125 Å². The Morgan fingerprint density at radius 3 is 2.90 bits per heavy atom. The van der Waals surface area contributed by atoms with E-state index < -0.39 is 0 Å². The molecule has 0 aliphatic heterocycles. The summed E-state index contributed by atoms with van der Waals surface area (Å²) in [4.78, 5) is 5.31. The number of aromatic nitrogens is 1. The van der Waals surface area contributed by atoms with Crippen molar-refractivity contribution in [3.8, 4) is 0 Å². The van der Waals surface area contributed by atoms with Gasteiger partial charge in [0.15, 0.2) is 0 Å². The fraction of sp³-hybridized carbons (Fsp3) is 0.133. The minimum Gasteiger partial charge on any atom is -0.384 e. The van der Waals surface area contributed by atoms with E-state index in [9.17, 15) is 4.39 Å². The van der Waals surface area contributed by atoms with Crippen LogP contribution in [0.15, 0.2) is 42.6 Å². The van der Waals surface area contributed by atoms with Crippen molar-refractivity contribution in [2.45, 2.75) is 6.42 Å². The number of benzene rings is 1. The van der Waals surface area contributed by atoms with Crippen LogP contribution >= 0.6 is 22.9 Å². The number of hydrogen-bond donors (Lipinski definition) is 1. The SMILES string of the molecule is Fc1cccc2c(NCCc3ccc(Cl)s3)ccnc12. The zero-order valence-corrected chi connectivity index (χ0v) is 12.1. The van der Waals surface area contributed by atoms with Crippen LogP contribution in [0.1, 0.15) is 4.88 Å². The number of hydrogen-bond acceptors (Lipinski definition) is 3. The summed E-state index contributed by atoms with van der Waals surface area (Å²) in [5, 5.41) is 4.13. The molecule has 3 rings (SSSR count). The molecule has 2 heterocycles. The molecule has 0 amide bonds. The Morgan fingerprint density at radius 1 is 1.20 bits per heavy atom. The standard InChI is InChI=1S/C15H12ClFN2S/c16-14-5-4-10(20-14)6-8-18-13-7-9-19-15-11(13)2-1-3-12(15)17/h1-5,7,9H,6,8H2,(H,18,19). The monoisotopic (exact) mass is 306 g/mol. The van der Waals surface area contributed by atoms with Gasteiger partial charge >= 0.3 is 0 Å². The van der Waals surface area contributed by atoms with Gasteiger partial charge in [0.25, 0.3) is 0 Å². The van der Waals surface area contributed by atoms with Gasteiger partial charge in [-0.15, -0.1) is 11.3 Å². The summed E-state index contributed by atoms with van der Waals surface area (Å²) in [6, 6.07) is 10.8. The van der Waals surface area contributed by atoms with Crippen LogP contribution < -0.4 is 5.32 Å². The number of rotatable bonds is 4. The predicted octanol–water partition coefficient (Wildman–Crippen LogP) is 4.74. The topological polar surface area (TPSA) is 24.9 Å². The van der Waals surface area contributed by atoms with Gasteiger partial charge in [-0.3, -0.25) is 4.98 Å². The van der Waals surface area contributed by atoms with Crippen molar-refractivity contribution < 1.29 is 4.39 Å². The second-order valence-electron chi connectivity index (χ2n) is 4.38. The molecule has 0 radical (unpaired) electrons. The van der Waals surface area contributed by atoms with E-state index >= 15 is 0 Å². The molecule has 2 aromatic heterocycles. The first-order chi connectivity index (χ1) is 9.74. The van der Waals surface area contributed by atoms with Gasteiger partial charge in [0.05, 0.1) is 4.34 Å². The van der Waals surface area contributed by atoms with Gasteiger partial charge in [-0.05, 0) is 30.7 Å². The molecule has 1 N–H and O–H groups in total. The van der Waals surface area contributed by atoms with Gasteiger partial charge in [0.1, 0.15) is 11.3 Å². The minimum atomic E-state index is -0.295. The molecule has 3 aromatic rings. The van der Waals surface area contributed by atoms with Crippen molar-refractivity contribution in [2.24, 2.45) is 0 Å². The van der Waals surface area contributed by atoms with E-state index in [1.165, 1.54) is 10.9 Å². The molecule has 0 aliphatic carbocycles. The van der Waals surface area contributed by atoms with Crippen molar-refractivity contribution in [3.05, 3.63) is 57.6 Å². The van der Waals surface area contributed by atoms with Crippen molar-refractivity contribution >= 4 is 39.5 Å². The molecule has 0 aliphatic rings. The number of nitrogens with zero attached hydrogens (tertiary/aromatic N) is 1. The van der Waals surface area contributed by atoms with Crippen LogP contribution in [0.4, 0.5) is 10.1 Å². The molecule has 0 saturated carbocycles. The zero-order valence-electron chi connectivity index (χ0n) is 10.6. The van der Waals surface area contributed by atoms with Crippen molar-refractivity contribution in [1.29, 1.82) is 0 Å². The Bertz CT molecular complexity index is 742. The quantitative estimate of drug-likeness (QED) is 0.753. The third kappa shape index (κ3) is 2.76. The molecule has 0 atom stereocenters. The third-order valence-corrected chi connectivity index (χ3v) is 4.33. The van der Waals surface area contributed by atoms with E-state index in [0.29, 0.717) is 5.52 Å². The van der Waals surface area contributed by atoms with Gasteiger partial charge in [0.2, 0.25) is 0 Å². The maximum Gasteiger partial charge on any atom is 0.149 e. The average molecular weight is 307 g/mol. The first kappa shape index (κ1) is 13.3. The summed E-state index contributed by atoms with van der Waals surface area (Å²) in [5.41, 5.74) is 1.30. The highest BCUT2D eigenvalue weighted by Crippen LogP contribution is 2.24. The summed E-state index contributed by atoms with van der Waals surface area (Å²) >= 11 is 7.48. The normalized spacial score (nSPS) is 10.9. The second-order valence-corrected chi connectivity index (χ2v) is 6.18. The molecule has 0 saturated heterocycles. The smallest absolute Gasteiger partial charge is 0.149 e. The Morgan fingerprint density at radius 2 is 2.10 bits per heavy atom. The molecule has 2 nitrogen and oxygen atoms in total. The van der Waals surface area contributed by atoms with E-state index in [0.717, 1.165) is 28.4 Å². The van der Waals surface area contributed by atoms with Crippen molar-refractivity contribution in [3.63, 3.8) is 0 Å². The lowest BCUT2D eigenvalue weighted by atomic mass is 10.2. The highest BCUT2D eigenvalue weighted by molar-refractivity contribution is 7.16. The lowest BCUT2D eigenvalue weighted by molar-refractivity contribution is 0.637. The molecule has 20 heavy (non-hydrogen) atoms. The van der Waals surface area contributed by atoms with Crippen molar-refractivity contribution in [2.75, 3.05) is 11.9 Å². The lowest BCUT2D eigenvalue weighted by Crippen LogP contribution is -2.04. The molecule has 1 aromatic carbocycles. The second kappa shape index (κ2) is 5.77. The highest BCUT2D eigenvalue weighted by Gasteiger charge is 2.05. The third-order valence-electron chi connectivity index (χ3n) is 3.04. The maximum absolute atomic E-state index is 13.7. The highest BCUT2D eigenvalue weighted by atomic mass is 35.5. The van der Waals surface area contributed by atoms with Crippen LogP contribution in [-0.4, -0.2) is 11.5 Å². The summed E-state index contributed by atoms with van der Waals surface area (Å²) in [6.45, 7) is 0.770. The molecule has 0 spiro atoms. The zero-order chi connectivity index (χ0) is 13.9. The van der Waals surface area contributed by atoms with Crippen LogP contribution in [0.2, 0.25) is 4.34 Å². The molecule has 0 bridgehead atoms. The fourth-order valence-electron chi connectivity index (χ4n) is 2.10. The average Bonchev–Trinajstić information content (AvgIpc) is 2.86. The Kier molecular flexibility index (Phi) is 3.85. The summed E-state index contributed by atoms with van der Waals surface area (Å²) in [5.74, 6) is -0.295. The number of anilines is 1. The van der Waals surface area contributed by atoms with Crippen LogP contribution in [0.5, 0.6) is 0 Å². The summed E-state index contributed by atoms with van der Waals surface area (Å²) < 4.78 is 14.5. The number of para-hydroxylation sites is 1. The van der Waals surface area contributed by atoms with Gasteiger partial charge in [-0.2, -0.15) is 0 Å². The van der Waals surface area contributed by atoms with Crippen LogP contribution in [0.25, 0.3) is 10.9 Å². The Balaban J connectivity index is 1.76. The molecule has 5 heteroatoms. The lowest BCUT2D eigenvalue weighted by Gasteiger charge is -2.09. The molecular formula is C15H12ClFN2S. The number of fused-ring (bicyclic) bond motifs is 1. The number of nitrogens with one attached hydrogen (secondary N) is 1. The van der Waals surface area contributed by atoms with E-state index in [-0.39, 0.29) is 5.82 Å². The first-order valence-corrected chi connectivity index (χ1v) is 7.45. The molecule has 0 fully saturated rings. The Hall–Kier alpha value is -1.65. The van der Waals surface area contributed by atoms with Gasteiger partial charge < -0.3 is 5.32 Å². The van der Waals surface area contributed by atoms with Crippen LogP contribution in [-0.2, 0) is 6.42 Å². The molecule has 102 valence electrons. The van der Waals surface area contributed by atoms with Gasteiger partial charge in [0, 0.05) is 28.7 Å². The molecular weight excluding hydrogens is 295 g/mol. The van der Waals surface area contributed by atoms with Crippen LogP contribution in [0.3, 0.4) is 0 Å². The predicted molar refractivity (Wildman–Crippen MR) is 83.2 cm³/mol. The number of thiophene rings is 1. The maximum atomic E-state index is 13.7. The van der Waals surface area contributed by atoms with E-state index in [1.807, 2.05) is 24.3 Å². The van der Waals surface area contributed by atoms with Gasteiger partial charge in [-0.1, -0.05) is 23.7 Å². The largest absolute Gasteiger partial charge is 0.384 e. The number of halogens is 2. The summed E-state index contributed by atoms with van der Waals surface area (Å²) in [7, 11) is 0. The first-order valence-electron chi connectivity index (χ1n) is 6.25. The van der Waals surface area contributed by atoms with Gasteiger partial charge in [-0.25, -0.2) is 4.39 Å². The van der Waals surface area contributed by atoms with Crippen molar-refractivity contribution in [1.82, 2.24) is 4.98 Å². The number of pyridine rings is 1. The van der Waals surface area contributed by atoms with E-state index in [2.05, 4.69) is 10.3 Å². The molecule has 0 unspecified atom stereocenters. The van der Waals surface area contributed by atoms with E-state index in [1.54, 1.807) is 23.6 Å². The summed E-state index contributed by atoms with van der Waals surface area (Å²) in [6.07, 6.45) is 2.51. The fourth-order valence-corrected chi connectivity index (χ4v) is 3.19. The van der Waals surface area contributed by atoms with E-state index in [4.69, 9.17) is 11.6 Å². The van der Waals surface area contributed by atoms with Crippen LogP contribution in [0, 0.1) is 5.82 Å².